The average Bonchev–Trinajstić information content (AvgIpc) is 3.46. The van der Waals surface area contributed by atoms with E-state index in [1.807, 2.05) is 0 Å². The number of benzene rings is 4. The summed E-state index contributed by atoms with van der Waals surface area (Å²) in [5.74, 6) is 6.68. The Labute approximate surface area is 303 Å². The molecule has 1 heterocycles. The molecule has 5 aromatic rings. The van der Waals surface area contributed by atoms with Crippen LogP contribution in [0.25, 0.3) is 38.6 Å². The molecule has 0 atom stereocenters. The second kappa shape index (κ2) is 10.5. The van der Waals surface area contributed by atoms with Gasteiger partial charge in [-0.3, -0.25) is 4.57 Å². The zero-order chi connectivity index (χ0) is 33.6. The summed E-state index contributed by atoms with van der Waals surface area (Å²) in [6.45, 7) is 6.94. The van der Waals surface area contributed by atoms with Crippen LogP contribution in [0, 0.1) is 35.5 Å². The molecule has 0 saturated heterocycles. The molecule has 50 heavy (non-hydrogen) atoms. The van der Waals surface area contributed by atoms with E-state index in [1.54, 1.807) is 5.56 Å². The molecule has 256 valence electrons. The maximum atomic E-state index is 7.74. The number of imidazole rings is 1. The quantitative estimate of drug-likeness (QED) is 0.185. The standard InChI is InChI=1S/C47H51ClN2/c1-45(2,3)39-13-12-36(35-7-4-5-8-37(35)39)38-9-6-10-42(43(38)48)50-41-14-11-34(46-22-28-15-29(23-46)17-30(16-28)24-46)21-40(41)49-44(50)47-25-31-18-32(26-47)20-33(19-31)27-47/h4-14,21,28-33H,15-20,22-27H2,1-3H3. The summed E-state index contributed by atoms with van der Waals surface area (Å²) in [5.41, 5.74) is 9.40. The smallest absolute Gasteiger partial charge is 0.120 e. The van der Waals surface area contributed by atoms with Crippen LogP contribution in [-0.2, 0) is 16.2 Å². The highest BCUT2D eigenvalue weighted by Crippen LogP contribution is 2.63. The third-order valence-electron chi connectivity index (χ3n) is 15.1. The summed E-state index contributed by atoms with van der Waals surface area (Å²) >= 11 is 7.74. The molecule has 1 aromatic heterocycles. The van der Waals surface area contributed by atoms with E-state index in [4.69, 9.17) is 16.6 Å². The molecule has 3 heteroatoms. The van der Waals surface area contributed by atoms with Crippen molar-refractivity contribution in [3.8, 4) is 16.8 Å². The SMILES string of the molecule is CC(C)(C)c1ccc(-c2cccc(-n3c(C45CC6CC(CC(C6)C4)C5)nc4cc(C56CC7CC(CC(C7)C5)C6)ccc43)c2Cl)c2ccccc12. The van der Waals surface area contributed by atoms with Gasteiger partial charge in [-0.25, -0.2) is 4.98 Å². The van der Waals surface area contributed by atoms with Crippen molar-refractivity contribution < 1.29 is 0 Å². The molecule has 2 nitrogen and oxygen atoms in total. The van der Waals surface area contributed by atoms with Crippen molar-refractivity contribution >= 4 is 33.4 Å². The van der Waals surface area contributed by atoms with Crippen LogP contribution in [0.1, 0.15) is 115 Å². The molecule has 8 aliphatic rings. The van der Waals surface area contributed by atoms with Gasteiger partial charge in [0.15, 0.2) is 0 Å². The molecule has 8 saturated carbocycles. The summed E-state index contributed by atoms with van der Waals surface area (Å²) in [4.78, 5) is 5.80. The molecule has 8 aliphatic carbocycles. The van der Waals surface area contributed by atoms with Crippen molar-refractivity contribution in [2.24, 2.45) is 35.5 Å². The average molecular weight is 679 g/mol. The first-order valence-electron chi connectivity index (χ1n) is 20.0. The van der Waals surface area contributed by atoms with E-state index < -0.39 is 0 Å². The lowest BCUT2D eigenvalue weighted by molar-refractivity contribution is -0.00982. The van der Waals surface area contributed by atoms with Crippen LogP contribution in [0.5, 0.6) is 0 Å². The van der Waals surface area contributed by atoms with Gasteiger partial charge in [-0.1, -0.05) is 87.0 Å². The van der Waals surface area contributed by atoms with Gasteiger partial charge in [0.05, 0.1) is 21.7 Å². The molecule has 13 rings (SSSR count). The van der Waals surface area contributed by atoms with Gasteiger partial charge in [0.2, 0.25) is 0 Å². The van der Waals surface area contributed by atoms with E-state index in [0.29, 0.717) is 5.41 Å². The Kier molecular flexibility index (Phi) is 6.41. The van der Waals surface area contributed by atoms with Crippen molar-refractivity contribution in [1.82, 2.24) is 9.55 Å². The second-order valence-electron chi connectivity index (χ2n) is 19.5. The number of fused-ring (bicyclic) bond motifs is 2. The Morgan fingerprint density at radius 1 is 0.620 bits per heavy atom. The fraction of sp³-hybridized carbons (Fsp3) is 0.511. The fourth-order valence-electron chi connectivity index (χ4n) is 13.9. The van der Waals surface area contributed by atoms with Crippen molar-refractivity contribution in [1.29, 1.82) is 0 Å². The molecule has 4 aromatic carbocycles. The lowest BCUT2D eigenvalue weighted by atomic mass is 9.48. The Balaban J connectivity index is 1.11. The Morgan fingerprint density at radius 3 is 1.80 bits per heavy atom. The highest BCUT2D eigenvalue weighted by molar-refractivity contribution is 6.35. The zero-order valence-corrected chi connectivity index (χ0v) is 30.9. The van der Waals surface area contributed by atoms with Gasteiger partial charge >= 0.3 is 0 Å². The number of hydrogen-bond acceptors (Lipinski definition) is 1. The van der Waals surface area contributed by atoms with E-state index in [-0.39, 0.29) is 10.8 Å². The summed E-state index contributed by atoms with van der Waals surface area (Å²) in [6, 6.07) is 27.8. The predicted octanol–water partition coefficient (Wildman–Crippen LogP) is 12.7. The first kappa shape index (κ1) is 30.5. The summed E-state index contributed by atoms with van der Waals surface area (Å²) in [7, 11) is 0. The summed E-state index contributed by atoms with van der Waals surface area (Å²) in [5, 5.41) is 3.44. The highest BCUT2D eigenvalue weighted by Gasteiger charge is 2.55. The number of halogens is 1. The van der Waals surface area contributed by atoms with E-state index in [2.05, 4.69) is 98.1 Å². The molecular formula is C47H51ClN2. The minimum absolute atomic E-state index is 0.0568. The summed E-state index contributed by atoms with van der Waals surface area (Å²) in [6.07, 6.45) is 16.8. The number of nitrogens with zero attached hydrogens (tertiary/aromatic N) is 2. The van der Waals surface area contributed by atoms with Crippen LogP contribution >= 0.6 is 11.6 Å². The van der Waals surface area contributed by atoms with Crippen molar-refractivity contribution in [2.75, 3.05) is 0 Å². The minimum atomic E-state index is 0.0568. The van der Waals surface area contributed by atoms with Crippen LogP contribution in [-0.4, -0.2) is 9.55 Å². The van der Waals surface area contributed by atoms with Gasteiger partial charge in [0.1, 0.15) is 5.82 Å². The molecule has 8 bridgehead atoms. The summed E-state index contributed by atoms with van der Waals surface area (Å²) < 4.78 is 2.56. The van der Waals surface area contributed by atoms with E-state index in [0.717, 1.165) is 51.8 Å². The van der Waals surface area contributed by atoms with Gasteiger partial charge in [-0.2, -0.15) is 0 Å². The van der Waals surface area contributed by atoms with E-state index in [1.165, 1.54) is 116 Å². The molecule has 0 radical (unpaired) electrons. The van der Waals surface area contributed by atoms with Crippen LogP contribution < -0.4 is 0 Å². The van der Waals surface area contributed by atoms with Crippen LogP contribution in [0.3, 0.4) is 0 Å². The van der Waals surface area contributed by atoms with E-state index in [9.17, 15) is 0 Å². The van der Waals surface area contributed by atoms with Crippen LogP contribution in [0.15, 0.2) is 72.8 Å². The molecule has 0 amide bonds. The third-order valence-corrected chi connectivity index (χ3v) is 15.5. The fourth-order valence-corrected chi connectivity index (χ4v) is 14.3. The Hall–Kier alpha value is -3.10. The lowest BCUT2D eigenvalue weighted by Crippen LogP contribution is -2.49. The number of hydrogen-bond donors (Lipinski definition) is 0. The molecular weight excluding hydrogens is 628 g/mol. The first-order valence-corrected chi connectivity index (χ1v) is 20.4. The molecule has 0 unspecified atom stereocenters. The predicted molar refractivity (Wildman–Crippen MR) is 207 cm³/mol. The highest BCUT2D eigenvalue weighted by atomic mass is 35.5. The van der Waals surface area contributed by atoms with Gasteiger partial charge < -0.3 is 0 Å². The maximum Gasteiger partial charge on any atom is 0.120 e. The molecule has 8 fully saturated rings. The van der Waals surface area contributed by atoms with Gasteiger partial charge in [-0.05, 0) is 169 Å². The van der Waals surface area contributed by atoms with Gasteiger partial charge in [0.25, 0.3) is 0 Å². The molecule has 0 N–H and O–H groups in total. The molecule has 0 spiro atoms. The zero-order valence-electron chi connectivity index (χ0n) is 30.1. The van der Waals surface area contributed by atoms with Gasteiger partial charge in [-0.15, -0.1) is 0 Å². The number of rotatable bonds is 4. The lowest BCUT2D eigenvalue weighted by Gasteiger charge is -2.57. The first-order chi connectivity index (χ1) is 24.1. The van der Waals surface area contributed by atoms with Crippen LogP contribution in [0.4, 0.5) is 0 Å². The van der Waals surface area contributed by atoms with Crippen molar-refractivity contribution in [3.63, 3.8) is 0 Å². The van der Waals surface area contributed by atoms with Gasteiger partial charge in [0, 0.05) is 11.0 Å². The van der Waals surface area contributed by atoms with Crippen molar-refractivity contribution in [2.45, 2.75) is 114 Å². The largest absolute Gasteiger partial charge is 0.294 e. The Bertz CT molecular complexity index is 2120. The number of aromatic nitrogens is 2. The monoisotopic (exact) mass is 678 g/mol. The normalized spacial score (nSPS) is 34.0. The van der Waals surface area contributed by atoms with E-state index >= 15 is 0 Å². The van der Waals surface area contributed by atoms with Crippen molar-refractivity contribution in [3.05, 3.63) is 94.8 Å². The molecule has 0 aliphatic heterocycles. The minimum Gasteiger partial charge on any atom is -0.294 e. The topological polar surface area (TPSA) is 17.8 Å². The van der Waals surface area contributed by atoms with Crippen LogP contribution in [0.2, 0.25) is 5.02 Å². The third kappa shape index (κ3) is 4.42. The maximum absolute atomic E-state index is 7.74. The Morgan fingerprint density at radius 2 is 1.20 bits per heavy atom. The second-order valence-corrected chi connectivity index (χ2v) is 19.8.